The Morgan fingerprint density at radius 2 is 2.06 bits per heavy atom. The van der Waals surface area contributed by atoms with Crippen molar-refractivity contribution in [2.75, 3.05) is 0 Å². The number of piperidine rings is 1. The van der Waals surface area contributed by atoms with Gasteiger partial charge in [-0.3, -0.25) is 9.59 Å². The Labute approximate surface area is 182 Å². The Morgan fingerprint density at radius 3 is 2.77 bits per heavy atom. The first-order chi connectivity index (χ1) is 14.6. The standard InChI is InChI=1S/C24H31F2N3O2/c1-14(2)27-20-8-9-24(25,26)12-17(20)10-16-5-6-19-18(11-16)13-29(23(19)31)21-7-4-15(3)28-22(21)30/h5-6,11,14,17,20-21,27H,3-4,7-10,12-13H2,1-2H3,(H,28,30)/t17-,20-,21?/m0/s1. The van der Waals surface area contributed by atoms with E-state index in [4.69, 9.17) is 0 Å². The van der Waals surface area contributed by atoms with Gasteiger partial charge in [-0.2, -0.15) is 0 Å². The molecule has 1 aromatic carbocycles. The summed E-state index contributed by atoms with van der Waals surface area (Å²) in [6.45, 7) is 8.24. The van der Waals surface area contributed by atoms with Crippen molar-refractivity contribution in [2.24, 2.45) is 5.92 Å². The number of allylic oxidation sites excluding steroid dienone is 1. The number of hydrogen-bond donors (Lipinski definition) is 2. The van der Waals surface area contributed by atoms with E-state index < -0.39 is 12.0 Å². The largest absolute Gasteiger partial charge is 0.329 e. The molecule has 5 nitrogen and oxygen atoms in total. The summed E-state index contributed by atoms with van der Waals surface area (Å²) < 4.78 is 28.3. The van der Waals surface area contributed by atoms with Crippen LogP contribution in [0.15, 0.2) is 30.5 Å². The molecule has 3 aliphatic rings. The summed E-state index contributed by atoms with van der Waals surface area (Å²) in [5, 5.41) is 6.20. The van der Waals surface area contributed by atoms with E-state index in [1.165, 1.54) is 0 Å². The molecule has 2 N–H and O–H groups in total. The Morgan fingerprint density at radius 1 is 1.29 bits per heavy atom. The van der Waals surface area contributed by atoms with E-state index in [1.54, 1.807) is 11.0 Å². The number of halogens is 2. The minimum absolute atomic E-state index is 0.0602. The van der Waals surface area contributed by atoms with Crippen molar-refractivity contribution in [1.82, 2.24) is 15.5 Å². The highest BCUT2D eigenvalue weighted by molar-refractivity contribution is 6.01. The van der Waals surface area contributed by atoms with Crippen molar-refractivity contribution in [3.8, 4) is 0 Å². The zero-order valence-electron chi connectivity index (χ0n) is 18.2. The fraction of sp³-hybridized carbons (Fsp3) is 0.583. The van der Waals surface area contributed by atoms with Gasteiger partial charge in [0.25, 0.3) is 5.91 Å². The molecule has 2 fully saturated rings. The highest BCUT2D eigenvalue weighted by Gasteiger charge is 2.42. The van der Waals surface area contributed by atoms with Crippen LogP contribution < -0.4 is 10.6 Å². The predicted molar refractivity (Wildman–Crippen MR) is 115 cm³/mol. The Hall–Kier alpha value is -2.28. The summed E-state index contributed by atoms with van der Waals surface area (Å²) in [4.78, 5) is 26.9. The molecule has 2 heterocycles. The predicted octanol–water partition coefficient (Wildman–Crippen LogP) is 3.78. The van der Waals surface area contributed by atoms with Crippen LogP contribution in [-0.4, -0.2) is 40.8 Å². The van der Waals surface area contributed by atoms with Gasteiger partial charge in [-0.15, -0.1) is 0 Å². The van der Waals surface area contributed by atoms with Crippen LogP contribution in [0.3, 0.4) is 0 Å². The second kappa shape index (κ2) is 8.34. The molecule has 2 aliphatic heterocycles. The number of rotatable bonds is 5. The van der Waals surface area contributed by atoms with E-state index >= 15 is 0 Å². The van der Waals surface area contributed by atoms with Crippen molar-refractivity contribution < 1.29 is 18.4 Å². The lowest BCUT2D eigenvalue weighted by Gasteiger charge is -2.37. The molecule has 1 aliphatic carbocycles. The average molecular weight is 432 g/mol. The van der Waals surface area contributed by atoms with Crippen molar-refractivity contribution in [2.45, 2.75) is 83.0 Å². The van der Waals surface area contributed by atoms with Crippen molar-refractivity contribution in [1.29, 1.82) is 0 Å². The number of amides is 2. The highest BCUT2D eigenvalue weighted by Crippen LogP contribution is 2.39. The van der Waals surface area contributed by atoms with Gasteiger partial charge in [0.2, 0.25) is 11.8 Å². The number of alkyl halides is 2. The van der Waals surface area contributed by atoms with Crippen molar-refractivity contribution >= 4 is 11.8 Å². The lowest BCUT2D eigenvalue weighted by molar-refractivity contribution is -0.126. The second-order valence-electron chi connectivity index (χ2n) is 9.56. The molecule has 2 amide bonds. The summed E-state index contributed by atoms with van der Waals surface area (Å²) in [6, 6.07) is 5.44. The van der Waals surface area contributed by atoms with Gasteiger partial charge in [-0.1, -0.05) is 32.6 Å². The van der Waals surface area contributed by atoms with Crippen LogP contribution in [-0.2, 0) is 17.8 Å². The summed E-state index contributed by atoms with van der Waals surface area (Å²) in [5.41, 5.74) is 3.12. The topological polar surface area (TPSA) is 61.4 Å². The van der Waals surface area contributed by atoms with Gasteiger partial charge >= 0.3 is 0 Å². The van der Waals surface area contributed by atoms with Crippen LogP contribution in [0.1, 0.15) is 67.4 Å². The second-order valence-corrected chi connectivity index (χ2v) is 9.56. The van der Waals surface area contributed by atoms with Crippen LogP contribution in [0.2, 0.25) is 0 Å². The normalized spacial score (nSPS) is 28.1. The number of nitrogens with zero attached hydrogens (tertiary/aromatic N) is 1. The van der Waals surface area contributed by atoms with Crippen LogP contribution in [0, 0.1) is 5.92 Å². The first-order valence-corrected chi connectivity index (χ1v) is 11.2. The quantitative estimate of drug-likeness (QED) is 0.746. The first-order valence-electron chi connectivity index (χ1n) is 11.2. The zero-order chi connectivity index (χ0) is 22.3. The Balaban J connectivity index is 1.50. The number of nitrogens with one attached hydrogen (secondary N) is 2. The Bertz CT molecular complexity index is 899. The molecule has 0 spiro atoms. The number of carbonyl (C=O) groups is 2. The van der Waals surface area contributed by atoms with Gasteiger partial charge in [-0.05, 0) is 48.8 Å². The molecule has 0 bridgehead atoms. The SMILES string of the molecule is C=C1CCC(N2Cc3cc(C[C@H]4CC(F)(F)CC[C@@H]4NC(C)C)ccc3C2=O)C(=O)N1. The molecule has 3 atom stereocenters. The van der Waals surface area contributed by atoms with Gasteiger partial charge in [0, 0.05) is 42.7 Å². The lowest BCUT2D eigenvalue weighted by Crippen LogP contribution is -2.49. The van der Waals surface area contributed by atoms with Crippen LogP contribution in [0.5, 0.6) is 0 Å². The van der Waals surface area contributed by atoms with E-state index in [0.29, 0.717) is 43.5 Å². The summed E-state index contributed by atoms with van der Waals surface area (Å²) in [6.07, 6.45) is 2.04. The third kappa shape index (κ3) is 4.66. The van der Waals surface area contributed by atoms with E-state index in [0.717, 1.165) is 11.1 Å². The maximum absolute atomic E-state index is 14.1. The molecule has 1 saturated heterocycles. The molecule has 1 saturated carbocycles. The zero-order valence-corrected chi connectivity index (χ0v) is 18.2. The van der Waals surface area contributed by atoms with E-state index in [2.05, 4.69) is 17.2 Å². The van der Waals surface area contributed by atoms with Crippen LogP contribution in [0.25, 0.3) is 0 Å². The molecular weight excluding hydrogens is 400 g/mol. The highest BCUT2D eigenvalue weighted by atomic mass is 19.3. The van der Waals surface area contributed by atoms with Crippen molar-refractivity contribution in [3.05, 3.63) is 47.2 Å². The van der Waals surface area contributed by atoms with Crippen molar-refractivity contribution in [3.63, 3.8) is 0 Å². The van der Waals surface area contributed by atoms with Gasteiger partial charge in [0.05, 0.1) is 0 Å². The lowest BCUT2D eigenvalue weighted by atomic mass is 9.78. The third-order valence-corrected chi connectivity index (χ3v) is 6.70. The van der Waals surface area contributed by atoms with Gasteiger partial charge < -0.3 is 15.5 Å². The van der Waals surface area contributed by atoms with E-state index in [1.807, 2.05) is 26.0 Å². The Kier molecular flexibility index (Phi) is 5.90. The molecule has 0 radical (unpaired) electrons. The smallest absolute Gasteiger partial charge is 0.255 e. The van der Waals surface area contributed by atoms with Gasteiger partial charge in [0.15, 0.2) is 0 Å². The molecule has 0 aromatic heterocycles. The van der Waals surface area contributed by atoms with E-state index in [9.17, 15) is 18.4 Å². The number of benzene rings is 1. The molecular formula is C24H31F2N3O2. The fourth-order valence-electron chi connectivity index (χ4n) is 5.23. The first kappa shape index (κ1) is 21.9. The minimum atomic E-state index is -2.62. The molecule has 1 aromatic rings. The molecule has 168 valence electrons. The number of fused-ring (bicyclic) bond motifs is 1. The molecule has 31 heavy (non-hydrogen) atoms. The van der Waals surface area contributed by atoms with Gasteiger partial charge in [-0.25, -0.2) is 8.78 Å². The van der Waals surface area contributed by atoms with Crippen LogP contribution >= 0.6 is 0 Å². The summed E-state index contributed by atoms with van der Waals surface area (Å²) in [5.74, 6) is -3.11. The third-order valence-electron chi connectivity index (χ3n) is 6.70. The summed E-state index contributed by atoms with van der Waals surface area (Å²) in [7, 11) is 0. The van der Waals surface area contributed by atoms with Crippen LogP contribution in [0.4, 0.5) is 8.78 Å². The minimum Gasteiger partial charge on any atom is -0.329 e. The summed E-state index contributed by atoms with van der Waals surface area (Å²) >= 11 is 0. The molecule has 1 unspecified atom stereocenters. The average Bonchev–Trinajstić information content (AvgIpc) is 2.99. The van der Waals surface area contributed by atoms with Gasteiger partial charge in [0.1, 0.15) is 6.04 Å². The fourth-order valence-corrected chi connectivity index (χ4v) is 5.23. The maximum Gasteiger partial charge on any atom is 0.255 e. The molecule has 7 heteroatoms. The number of carbonyl (C=O) groups excluding carboxylic acids is 2. The molecule has 4 rings (SSSR count). The monoisotopic (exact) mass is 431 g/mol. The number of hydrogen-bond acceptors (Lipinski definition) is 3. The maximum atomic E-state index is 14.1. The van der Waals surface area contributed by atoms with E-state index in [-0.39, 0.29) is 42.7 Å².